The molecule has 100 valence electrons. The smallest absolute Gasteiger partial charge is 0.170 e. The minimum atomic E-state index is 0.523. The van der Waals surface area contributed by atoms with Crippen molar-refractivity contribution < 1.29 is 9.53 Å². The number of carbonyl (C=O) groups excluding carboxylic acids is 1. The van der Waals surface area contributed by atoms with E-state index in [2.05, 4.69) is 9.88 Å². The van der Waals surface area contributed by atoms with Gasteiger partial charge in [-0.1, -0.05) is 6.07 Å². The summed E-state index contributed by atoms with van der Waals surface area (Å²) in [7, 11) is 1.73. The van der Waals surface area contributed by atoms with Gasteiger partial charge in [0.2, 0.25) is 0 Å². The Bertz CT molecular complexity index is 593. The van der Waals surface area contributed by atoms with Crippen LogP contribution < -0.4 is 4.90 Å². The second-order valence-electron chi connectivity index (χ2n) is 4.92. The van der Waals surface area contributed by atoms with Gasteiger partial charge in [-0.25, -0.2) is 4.98 Å². The maximum atomic E-state index is 11.4. The van der Waals surface area contributed by atoms with Gasteiger partial charge in [-0.05, 0) is 18.6 Å². The second-order valence-corrected chi connectivity index (χ2v) is 4.92. The molecule has 5 nitrogen and oxygen atoms in total. The molecule has 2 aromatic heterocycles. The van der Waals surface area contributed by atoms with Gasteiger partial charge in [0.15, 0.2) is 12.1 Å². The van der Waals surface area contributed by atoms with Gasteiger partial charge in [-0.2, -0.15) is 0 Å². The number of anilines is 1. The molecule has 1 aliphatic rings. The average molecular weight is 259 g/mol. The lowest BCUT2D eigenvalue weighted by Crippen LogP contribution is -2.22. The number of ether oxygens (including phenoxy) is 1. The third-order valence-electron chi connectivity index (χ3n) is 3.65. The van der Waals surface area contributed by atoms with Gasteiger partial charge in [-0.15, -0.1) is 0 Å². The van der Waals surface area contributed by atoms with Crippen molar-refractivity contribution in [1.82, 2.24) is 9.38 Å². The summed E-state index contributed by atoms with van der Waals surface area (Å²) in [5, 5.41) is 0. The molecule has 1 saturated heterocycles. The van der Waals surface area contributed by atoms with E-state index in [1.807, 2.05) is 28.8 Å². The maximum absolute atomic E-state index is 11.4. The number of pyridine rings is 1. The fourth-order valence-electron chi connectivity index (χ4n) is 2.74. The van der Waals surface area contributed by atoms with E-state index in [0.717, 1.165) is 43.9 Å². The van der Waals surface area contributed by atoms with E-state index in [1.54, 1.807) is 7.11 Å². The van der Waals surface area contributed by atoms with Crippen LogP contribution in [0.5, 0.6) is 0 Å². The van der Waals surface area contributed by atoms with Crippen LogP contribution in [0, 0.1) is 5.92 Å². The van der Waals surface area contributed by atoms with Crippen molar-refractivity contribution in [2.75, 3.05) is 31.7 Å². The van der Waals surface area contributed by atoms with Gasteiger partial charge < -0.3 is 9.64 Å². The maximum Gasteiger partial charge on any atom is 0.170 e. The van der Waals surface area contributed by atoms with Crippen LogP contribution in [0.1, 0.15) is 16.9 Å². The first-order chi connectivity index (χ1) is 9.33. The Kier molecular flexibility index (Phi) is 3.21. The molecule has 0 aromatic carbocycles. The first-order valence-corrected chi connectivity index (χ1v) is 6.49. The summed E-state index contributed by atoms with van der Waals surface area (Å²) >= 11 is 0. The number of aldehydes is 1. The molecule has 0 N–H and O–H groups in total. The summed E-state index contributed by atoms with van der Waals surface area (Å²) < 4.78 is 7.04. The first kappa shape index (κ1) is 12.2. The summed E-state index contributed by atoms with van der Waals surface area (Å²) in [6.45, 7) is 2.59. The van der Waals surface area contributed by atoms with Crippen LogP contribution in [0.2, 0.25) is 0 Å². The summed E-state index contributed by atoms with van der Waals surface area (Å²) in [6.07, 6.45) is 3.84. The highest BCUT2D eigenvalue weighted by molar-refractivity contribution is 5.83. The summed E-state index contributed by atoms with van der Waals surface area (Å²) in [5.74, 6) is 1.31. The Morgan fingerprint density at radius 2 is 2.42 bits per heavy atom. The van der Waals surface area contributed by atoms with Crippen molar-refractivity contribution in [2.45, 2.75) is 6.42 Å². The largest absolute Gasteiger partial charge is 0.384 e. The van der Waals surface area contributed by atoms with Crippen LogP contribution in [0.3, 0.4) is 0 Å². The molecule has 1 atom stereocenters. The van der Waals surface area contributed by atoms with Crippen LogP contribution in [0.4, 0.5) is 5.82 Å². The molecular formula is C14H17N3O2. The molecule has 3 heterocycles. The van der Waals surface area contributed by atoms with Crippen LogP contribution in [-0.4, -0.2) is 42.5 Å². The number of aromatic nitrogens is 2. The fraction of sp³-hybridized carbons (Fsp3) is 0.429. The van der Waals surface area contributed by atoms with Gasteiger partial charge >= 0.3 is 0 Å². The lowest BCUT2D eigenvalue weighted by atomic mass is 10.1. The first-order valence-electron chi connectivity index (χ1n) is 6.49. The molecule has 0 aliphatic carbocycles. The molecular weight excluding hydrogens is 242 g/mol. The van der Waals surface area contributed by atoms with E-state index in [-0.39, 0.29) is 0 Å². The summed E-state index contributed by atoms with van der Waals surface area (Å²) in [5.41, 5.74) is 1.45. The highest BCUT2D eigenvalue weighted by Crippen LogP contribution is 2.26. The zero-order valence-electron chi connectivity index (χ0n) is 11.0. The lowest BCUT2D eigenvalue weighted by molar-refractivity contribution is 0.111. The van der Waals surface area contributed by atoms with Crippen LogP contribution in [-0.2, 0) is 4.74 Å². The fourth-order valence-corrected chi connectivity index (χ4v) is 2.74. The topological polar surface area (TPSA) is 46.8 Å². The molecule has 1 fully saturated rings. The minimum Gasteiger partial charge on any atom is -0.384 e. The van der Waals surface area contributed by atoms with Crippen molar-refractivity contribution in [2.24, 2.45) is 5.92 Å². The van der Waals surface area contributed by atoms with Crippen molar-refractivity contribution in [1.29, 1.82) is 0 Å². The molecule has 2 aromatic rings. The predicted octanol–water partition coefficient (Wildman–Crippen LogP) is 1.62. The Balaban J connectivity index is 1.95. The van der Waals surface area contributed by atoms with E-state index in [9.17, 15) is 4.79 Å². The van der Waals surface area contributed by atoms with Crippen LogP contribution >= 0.6 is 0 Å². The zero-order chi connectivity index (χ0) is 13.2. The normalized spacial score (nSPS) is 19.2. The van der Waals surface area contributed by atoms with Gasteiger partial charge in [0.05, 0.1) is 6.61 Å². The SMILES string of the molecule is COCC1CCN(c2nc3ccccn3c2C=O)C1. The second kappa shape index (κ2) is 5.01. The lowest BCUT2D eigenvalue weighted by Gasteiger charge is -2.16. The number of hydrogen-bond donors (Lipinski definition) is 0. The van der Waals surface area contributed by atoms with Crippen molar-refractivity contribution in [3.8, 4) is 0 Å². The van der Waals surface area contributed by atoms with E-state index < -0.39 is 0 Å². The molecule has 5 heteroatoms. The van der Waals surface area contributed by atoms with E-state index in [1.165, 1.54) is 0 Å². The van der Waals surface area contributed by atoms with Crippen molar-refractivity contribution in [3.05, 3.63) is 30.1 Å². The number of fused-ring (bicyclic) bond motifs is 1. The van der Waals surface area contributed by atoms with Gasteiger partial charge in [0, 0.05) is 32.3 Å². The molecule has 0 radical (unpaired) electrons. The number of carbonyl (C=O) groups is 1. The van der Waals surface area contributed by atoms with Crippen LogP contribution in [0.15, 0.2) is 24.4 Å². The van der Waals surface area contributed by atoms with Gasteiger partial charge in [0.25, 0.3) is 0 Å². The number of imidazole rings is 1. The standard InChI is InChI=1S/C14H17N3O2/c1-19-10-11-5-7-16(8-11)14-12(9-18)17-6-3-2-4-13(17)15-14/h2-4,6,9,11H,5,7-8,10H2,1H3. The quantitative estimate of drug-likeness (QED) is 0.783. The molecule has 0 saturated carbocycles. The Hall–Kier alpha value is -1.88. The zero-order valence-corrected chi connectivity index (χ0v) is 11.0. The Morgan fingerprint density at radius 1 is 1.53 bits per heavy atom. The Labute approximate surface area is 111 Å². The minimum absolute atomic E-state index is 0.523. The van der Waals surface area contributed by atoms with Gasteiger partial charge in [0.1, 0.15) is 11.3 Å². The number of nitrogens with zero attached hydrogens (tertiary/aromatic N) is 3. The Morgan fingerprint density at radius 3 is 3.21 bits per heavy atom. The van der Waals surface area contributed by atoms with E-state index >= 15 is 0 Å². The highest BCUT2D eigenvalue weighted by atomic mass is 16.5. The molecule has 0 bridgehead atoms. The predicted molar refractivity (Wildman–Crippen MR) is 72.8 cm³/mol. The van der Waals surface area contributed by atoms with Crippen molar-refractivity contribution in [3.63, 3.8) is 0 Å². The van der Waals surface area contributed by atoms with Crippen molar-refractivity contribution >= 4 is 17.8 Å². The average Bonchev–Trinajstić information content (AvgIpc) is 3.02. The number of hydrogen-bond acceptors (Lipinski definition) is 4. The molecule has 1 aliphatic heterocycles. The number of methoxy groups -OCH3 is 1. The third kappa shape index (κ3) is 2.10. The molecule has 3 rings (SSSR count). The van der Waals surface area contributed by atoms with E-state index in [0.29, 0.717) is 11.6 Å². The monoisotopic (exact) mass is 259 g/mol. The van der Waals surface area contributed by atoms with E-state index in [4.69, 9.17) is 4.74 Å². The molecule has 0 amide bonds. The number of rotatable bonds is 4. The molecule has 1 unspecified atom stereocenters. The molecule has 19 heavy (non-hydrogen) atoms. The summed E-state index contributed by atoms with van der Waals surface area (Å²) in [6, 6.07) is 5.75. The van der Waals surface area contributed by atoms with Crippen LogP contribution in [0.25, 0.3) is 5.65 Å². The van der Waals surface area contributed by atoms with Gasteiger partial charge in [-0.3, -0.25) is 9.20 Å². The highest BCUT2D eigenvalue weighted by Gasteiger charge is 2.26. The summed E-state index contributed by atoms with van der Waals surface area (Å²) in [4.78, 5) is 18.1. The third-order valence-corrected chi connectivity index (χ3v) is 3.65. The molecule has 0 spiro atoms.